The molecule has 12 heavy (non-hydrogen) atoms. The second-order valence-electron chi connectivity index (χ2n) is 2.41. The quantitative estimate of drug-likeness (QED) is 0.662. The molecule has 1 heterocycles. The van der Waals surface area contributed by atoms with Gasteiger partial charge in [0.15, 0.2) is 0 Å². The Morgan fingerprint density at radius 1 is 1.33 bits per heavy atom. The van der Waals surface area contributed by atoms with Crippen molar-refractivity contribution < 1.29 is 4.84 Å². The molecule has 0 bridgehead atoms. The van der Waals surface area contributed by atoms with Gasteiger partial charge in [0, 0.05) is 5.56 Å². The van der Waals surface area contributed by atoms with Crippen molar-refractivity contribution in [2.24, 2.45) is 4.99 Å². The van der Waals surface area contributed by atoms with Crippen molar-refractivity contribution in [2.75, 3.05) is 6.67 Å². The lowest BCUT2D eigenvalue weighted by atomic mass is 10.2. The lowest BCUT2D eigenvalue weighted by Gasteiger charge is -2.04. The van der Waals surface area contributed by atoms with E-state index in [0.717, 1.165) is 5.56 Å². The molecule has 0 atom stereocenters. The van der Waals surface area contributed by atoms with Gasteiger partial charge < -0.3 is 4.84 Å². The summed E-state index contributed by atoms with van der Waals surface area (Å²) in [6.45, 7) is 0.480. The summed E-state index contributed by atoms with van der Waals surface area (Å²) in [5.74, 6) is 0.630. The third-order valence-electron chi connectivity index (χ3n) is 1.55. The molecule has 0 unspecified atom stereocenters. The fourth-order valence-electron chi connectivity index (χ4n) is 1.01. The van der Waals surface area contributed by atoms with Gasteiger partial charge in [0.05, 0.1) is 0 Å². The number of hydrogen-bond acceptors (Lipinski definition) is 4. The normalized spacial score (nSPS) is 17.2. The Balaban J connectivity index is 2.22. The van der Waals surface area contributed by atoms with Gasteiger partial charge in [-0.25, -0.2) is 4.99 Å². The van der Waals surface area contributed by atoms with Gasteiger partial charge in [-0.05, 0) is 12.1 Å². The standard InChI is InChI=1S/C8H8N2OS/c12-10-6-9-8(11-10)7-4-2-1-3-5-7/h1-5,12H,6H2. The van der Waals surface area contributed by atoms with Crippen LogP contribution < -0.4 is 0 Å². The zero-order valence-corrected chi connectivity index (χ0v) is 7.24. The number of nitrogens with zero attached hydrogens (tertiary/aromatic N) is 2. The number of thiol groups is 1. The predicted molar refractivity (Wildman–Crippen MR) is 49.8 cm³/mol. The van der Waals surface area contributed by atoms with Crippen molar-refractivity contribution in [2.45, 2.75) is 0 Å². The third-order valence-corrected chi connectivity index (χ3v) is 1.76. The second kappa shape index (κ2) is 3.16. The first kappa shape index (κ1) is 7.64. The Labute approximate surface area is 76.2 Å². The first-order chi connectivity index (χ1) is 5.86. The highest BCUT2D eigenvalue weighted by Crippen LogP contribution is 2.11. The van der Waals surface area contributed by atoms with E-state index in [1.807, 2.05) is 30.3 Å². The largest absolute Gasteiger partial charge is 0.373 e. The lowest BCUT2D eigenvalue weighted by Crippen LogP contribution is -2.09. The van der Waals surface area contributed by atoms with E-state index in [4.69, 9.17) is 4.84 Å². The summed E-state index contributed by atoms with van der Waals surface area (Å²) in [5.41, 5.74) is 0.981. The Kier molecular flexibility index (Phi) is 2.01. The Bertz CT molecular complexity index is 299. The van der Waals surface area contributed by atoms with Gasteiger partial charge in [0.25, 0.3) is 0 Å². The Morgan fingerprint density at radius 2 is 2.08 bits per heavy atom. The van der Waals surface area contributed by atoms with Gasteiger partial charge in [-0.1, -0.05) is 35.5 Å². The molecule has 0 aromatic heterocycles. The van der Waals surface area contributed by atoms with Gasteiger partial charge in [0.1, 0.15) is 6.67 Å². The predicted octanol–water partition coefficient (Wildman–Crippen LogP) is 1.48. The lowest BCUT2D eigenvalue weighted by molar-refractivity contribution is 0.0678. The molecule has 1 aromatic carbocycles. The van der Waals surface area contributed by atoms with Crippen LogP contribution in [0.3, 0.4) is 0 Å². The fraction of sp³-hybridized carbons (Fsp3) is 0.125. The van der Waals surface area contributed by atoms with E-state index >= 15 is 0 Å². The van der Waals surface area contributed by atoms with Crippen LogP contribution in [0.2, 0.25) is 0 Å². The summed E-state index contributed by atoms with van der Waals surface area (Å²) in [7, 11) is 0. The van der Waals surface area contributed by atoms with E-state index in [-0.39, 0.29) is 0 Å². The smallest absolute Gasteiger partial charge is 0.243 e. The zero-order chi connectivity index (χ0) is 8.39. The highest BCUT2D eigenvalue weighted by atomic mass is 32.1. The molecule has 0 radical (unpaired) electrons. The zero-order valence-electron chi connectivity index (χ0n) is 6.34. The fourth-order valence-corrected chi connectivity index (χ4v) is 1.15. The molecule has 0 amide bonds. The maximum atomic E-state index is 5.19. The van der Waals surface area contributed by atoms with Gasteiger partial charge in [-0.3, -0.25) is 0 Å². The number of benzene rings is 1. The van der Waals surface area contributed by atoms with Gasteiger partial charge in [-0.15, -0.1) is 0 Å². The SMILES string of the molecule is SN1CN=C(c2ccccc2)O1. The van der Waals surface area contributed by atoms with E-state index in [0.29, 0.717) is 12.6 Å². The number of hydrogen-bond donors (Lipinski definition) is 1. The summed E-state index contributed by atoms with van der Waals surface area (Å²) in [5, 5.41) is 0. The summed E-state index contributed by atoms with van der Waals surface area (Å²) < 4.78 is 1.39. The van der Waals surface area contributed by atoms with Crippen LogP contribution in [0.5, 0.6) is 0 Å². The molecule has 1 aliphatic rings. The molecule has 3 nitrogen and oxygen atoms in total. The molecule has 1 aromatic rings. The molecule has 4 heteroatoms. The van der Waals surface area contributed by atoms with Crippen LogP contribution in [0.25, 0.3) is 0 Å². The van der Waals surface area contributed by atoms with Gasteiger partial charge >= 0.3 is 0 Å². The maximum Gasteiger partial charge on any atom is 0.243 e. The van der Waals surface area contributed by atoms with Gasteiger partial charge in [-0.2, -0.15) is 0 Å². The maximum absolute atomic E-state index is 5.19. The van der Waals surface area contributed by atoms with Crippen LogP contribution in [0.1, 0.15) is 5.56 Å². The van der Waals surface area contributed by atoms with E-state index in [1.165, 1.54) is 4.47 Å². The van der Waals surface area contributed by atoms with Crippen molar-refractivity contribution in [1.29, 1.82) is 0 Å². The number of rotatable bonds is 1. The molecule has 2 rings (SSSR count). The van der Waals surface area contributed by atoms with Crippen LogP contribution >= 0.6 is 12.8 Å². The van der Waals surface area contributed by atoms with Crippen LogP contribution in [-0.2, 0) is 4.84 Å². The highest BCUT2D eigenvalue weighted by Gasteiger charge is 2.14. The van der Waals surface area contributed by atoms with E-state index < -0.39 is 0 Å². The molecule has 62 valence electrons. The number of hydroxylamine groups is 1. The van der Waals surface area contributed by atoms with Gasteiger partial charge in [0.2, 0.25) is 5.90 Å². The average molecular weight is 180 g/mol. The summed E-state index contributed by atoms with van der Waals surface area (Å²) in [6.07, 6.45) is 0. The molecular formula is C8H8N2OS. The van der Waals surface area contributed by atoms with E-state index in [1.54, 1.807) is 0 Å². The van der Waals surface area contributed by atoms with Crippen molar-refractivity contribution in [3.63, 3.8) is 0 Å². The monoisotopic (exact) mass is 180 g/mol. The first-order valence-corrected chi connectivity index (χ1v) is 4.00. The first-order valence-electron chi connectivity index (χ1n) is 3.60. The summed E-state index contributed by atoms with van der Waals surface area (Å²) in [6, 6.07) is 9.75. The topological polar surface area (TPSA) is 24.8 Å². The van der Waals surface area contributed by atoms with Crippen LogP contribution in [-0.4, -0.2) is 17.0 Å². The van der Waals surface area contributed by atoms with Crippen molar-refractivity contribution in [1.82, 2.24) is 4.47 Å². The highest BCUT2D eigenvalue weighted by molar-refractivity contribution is 7.77. The van der Waals surface area contributed by atoms with E-state index in [9.17, 15) is 0 Å². The second-order valence-corrected chi connectivity index (χ2v) is 2.86. The molecule has 0 saturated carbocycles. The van der Waals surface area contributed by atoms with Crippen LogP contribution in [0.4, 0.5) is 0 Å². The Morgan fingerprint density at radius 3 is 2.67 bits per heavy atom. The van der Waals surface area contributed by atoms with Crippen LogP contribution in [0.15, 0.2) is 35.3 Å². The van der Waals surface area contributed by atoms with Crippen molar-refractivity contribution in [3.05, 3.63) is 35.9 Å². The average Bonchev–Trinajstić information content (AvgIpc) is 2.54. The molecule has 0 aliphatic carbocycles. The Hall–Kier alpha value is -1.00. The molecule has 0 N–H and O–H groups in total. The molecule has 0 saturated heterocycles. The molecule has 1 aliphatic heterocycles. The number of aliphatic imine (C=N–C) groups is 1. The van der Waals surface area contributed by atoms with E-state index in [2.05, 4.69) is 17.8 Å². The molecular weight excluding hydrogens is 172 g/mol. The minimum atomic E-state index is 0.480. The van der Waals surface area contributed by atoms with Crippen molar-refractivity contribution in [3.8, 4) is 0 Å². The summed E-state index contributed by atoms with van der Waals surface area (Å²) >= 11 is 4.00. The third kappa shape index (κ3) is 1.44. The minimum Gasteiger partial charge on any atom is -0.373 e. The van der Waals surface area contributed by atoms with Crippen molar-refractivity contribution >= 4 is 18.7 Å². The summed E-state index contributed by atoms with van der Waals surface area (Å²) in [4.78, 5) is 9.33. The van der Waals surface area contributed by atoms with Crippen LogP contribution in [0, 0.1) is 0 Å². The molecule has 0 fully saturated rings. The molecule has 0 spiro atoms. The minimum absolute atomic E-state index is 0.480.